The van der Waals surface area contributed by atoms with Crippen LogP contribution in [0, 0.1) is 6.92 Å². The molecule has 0 radical (unpaired) electrons. The highest BCUT2D eigenvalue weighted by molar-refractivity contribution is 6.30. The molecule has 138 valence electrons. The minimum Gasteiger partial charge on any atom is -0.358 e. The molecule has 0 spiro atoms. The van der Waals surface area contributed by atoms with E-state index in [1.165, 1.54) is 0 Å². The molecule has 27 heavy (non-hydrogen) atoms. The lowest BCUT2D eigenvalue weighted by Crippen LogP contribution is -2.39. The maximum atomic E-state index is 12.9. The number of amides is 1. The van der Waals surface area contributed by atoms with Crippen molar-refractivity contribution in [1.29, 1.82) is 0 Å². The summed E-state index contributed by atoms with van der Waals surface area (Å²) < 4.78 is 0. The van der Waals surface area contributed by atoms with Crippen molar-refractivity contribution in [3.63, 3.8) is 0 Å². The molecule has 2 aromatic carbocycles. The normalized spacial score (nSPS) is 14.1. The maximum Gasteiger partial charge on any atom is 0.238 e. The summed E-state index contributed by atoms with van der Waals surface area (Å²) in [6.07, 6.45) is 0.725. The van der Waals surface area contributed by atoms with E-state index in [0.29, 0.717) is 22.6 Å². The number of hydrogen-bond acceptors (Lipinski definition) is 3. The third kappa shape index (κ3) is 3.75. The summed E-state index contributed by atoms with van der Waals surface area (Å²) >= 11 is 5.86. The van der Waals surface area contributed by atoms with Gasteiger partial charge < -0.3 is 10.3 Å². The summed E-state index contributed by atoms with van der Waals surface area (Å²) in [5.74, 6) is -0.103. The molecule has 0 fully saturated rings. The highest BCUT2D eigenvalue weighted by Gasteiger charge is 2.22. The number of anilines is 1. The summed E-state index contributed by atoms with van der Waals surface area (Å²) in [5.41, 5.74) is 4.44. The first-order valence-corrected chi connectivity index (χ1v) is 9.29. The van der Waals surface area contributed by atoms with Crippen LogP contribution in [0.2, 0.25) is 5.02 Å². The van der Waals surface area contributed by atoms with E-state index in [9.17, 15) is 9.59 Å². The Morgan fingerprint density at radius 2 is 2.00 bits per heavy atom. The fourth-order valence-corrected chi connectivity index (χ4v) is 3.64. The molecule has 1 aliphatic rings. The molecule has 6 heteroatoms. The van der Waals surface area contributed by atoms with Crippen molar-refractivity contribution >= 4 is 34.1 Å². The van der Waals surface area contributed by atoms with Gasteiger partial charge in [-0.3, -0.25) is 14.5 Å². The topological polar surface area (TPSA) is 65.2 Å². The predicted octanol–water partition coefficient (Wildman–Crippen LogP) is 3.49. The number of halogens is 1. The molecule has 1 amide bonds. The Morgan fingerprint density at radius 1 is 1.22 bits per heavy atom. The van der Waals surface area contributed by atoms with E-state index in [1.807, 2.05) is 30.0 Å². The van der Waals surface area contributed by atoms with Gasteiger partial charge in [0.15, 0.2) is 5.43 Å². The zero-order valence-corrected chi connectivity index (χ0v) is 15.8. The first-order chi connectivity index (χ1) is 13.0. The monoisotopic (exact) mass is 381 g/mol. The Balaban J connectivity index is 1.51. The Bertz CT molecular complexity index is 1070. The number of nitrogens with one attached hydrogen (secondary N) is 2. The highest BCUT2D eigenvalue weighted by atomic mass is 35.5. The Morgan fingerprint density at radius 3 is 2.78 bits per heavy atom. The molecule has 0 bridgehead atoms. The van der Waals surface area contributed by atoms with E-state index in [4.69, 9.17) is 11.6 Å². The number of benzene rings is 2. The molecule has 1 aromatic heterocycles. The van der Waals surface area contributed by atoms with Crippen LogP contribution in [0.1, 0.15) is 16.8 Å². The lowest BCUT2D eigenvalue weighted by Gasteiger charge is -2.27. The summed E-state index contributed by atoms with van der Waals surface area (Å²) in [6, 6.07) is 12.9. The van der Waals surface area contributed by atoms with Crippen LogP contribution < -0.4 is 10.7 Å². The number of rotatable bonds is 3. The molecule has 2 N–H and O–H groups in total. The molecule has 3 aromatic rings. The molecule has 4 rings (SSSR count). The van der Waals surface area contributed by atoms with Crippen LogP contribution in [-0.4, -0.2) is 28.9 Å². The van der Waals surface area contributed by atoms with Gasteiger partial charge in [-0.25, -0.2) is 0 Å². The van der Waals surface area contributed by atoms with Gasteiger partial charge in [-0.2, -0.15) is 0 Å². The predicted molar refractivity (Wildman–Crippen MR) is 108 cm³/mol. The number of nitrogens with zero attached hydrogens (tertiary/aromatic N) is 1. The van der Waals surface area contributed by atoms with E-state index < -0.39 is 0 Å². The summed E-state index contributed by atoms with van der Waals surface area (Å²) in [4.78, 5) is 30.7. The van der Waals surface area contributed by atoms with Gasteiger partial charge >= 0.3 is 0 Å². The fourth-order valence-electron chi connectivity index (χ4n) is 3.52. The zero-order valence-electron chi connectivity index (χ0n) is 15.0. The number of H-pyrrole nitrogens is 1. The molecular formula is C21H20ClN3O2. The molecule has 5 nitrogen and oxygen atoms in total. The first kappa shape index (κ1) is 17.8. The zero-order chi connectivity index (χ0) is 19.0. The average Bonchev–Trinajstić information content (AvgIpc) is 2.65. The second-order valence-electron chi connectivity index (χ2n) is 6.98. The van der Waals surface area contributed by atoms with Gasteiger partial charge in [-0.1, -0.05) is 23.2 Å². The van der Waals surface area contributed by atoms with E-state index in [2.05, 4.69) is 10.3 Å². The van der Waals surface area contributed by atoms with Crippen LogP contribution in [0.5, 0.6) is 0 Å². The van der Waals surface area contributed by atoms with Crippen molar-refractivity contribution in [2.75, 3.05) is 18.4 Å². The Hall–Kier alpha value is -2.63. The van der Waals surface area contributed by atoms with Crippen LogP contribution in [-0.2, 0) is 17.8 Å². The molecule has 0 unspecified atom stereocenters. The van der Waals surface area contributed by atoms with Crippen LogP contribution >= 0.6 is 11.6 Å². The molecule has 0 saturated heterocycles. The van der Waals surface area contributed by atoms with Gasteiger partial charge in [-0.15, -0.1) is 0 Å². The minimum atomic E-state index is -0.103. The van der Waals surface area contributed by atoms with E-state index in [0.717, 1.165) is 35.3 Å². The minimum absolute atomic E-state index is 0.0604. The fraction of sp³-hybridized carbons (Fsp3) is 0.238. The largest absolute Gasteiger partial charge is 0.358 e. The molecule has 2 heterocycles. The second kappa shape index (κ2) is 7.18. The van der Waals surface area contributed by atoms with Crippen molar-refractivity contribution in [3.05, 3.63) is 74.5 Å². The van der Waals surface area contributed by atoms with Gasteiger partial charge in [0.2, 0.25) is 5.91 Å². The van der Waals surface area contributed by atoms with E-state index >= 15 is 0 Å². The van der Waals surface area contributed by atoms with Gasteiger partial charge in [0.1, 0.15) is 0 Å². The van der Waals surface area contributed by atoms with Gasteiger partial charge in [-0.05, 0) is 43.3 Å². The SMILES string of the molecule is Cc1ccc2[nH]c3c(c(=O)c2c1)CN(CC(=O)Nc1ccc(Cl)cc1)CC3. The number of pyridine rings is 1. The molecule has 0 atom stereocenters. The number of carbonyl (C=O) groups excluding carboxylic acids is 1. The summed E-state index contributed by atoms with van der Waals surface area (Å²) in [5, 5.41) is 4.20. The van der Waals surface area contributed by atoms with Gasteiger partial charge in [0.05, 0.1) is 6.54 Å². The molecule has 0 aliphatic carbocycles. The molecule has 0 saturated carbocycles. The average molecular weight is 382 g/mol. The quantitative estimate of drug-likeness (QED) is 0.730. The van der Waals surface area contributed by atoms with Gasteiger partial charge in [0, 0.05) is 52.4 Å². The van der Waals surface area contributed by atoms with Crippen molar-refractivity contribution in [1.82, 2.24) is 9.88 Å². The summed E-state index contributed by atoms with van der Waals surface area (Å²) in [7, 11) is 0. The summed E-state index contributed by atoms with van der Waals surface area (Å²) in [6.45, 7) is 3.43. The second-order valence-corrected chi connectivity index (χ2v) is 7.41. The number of hydrogen-bond donors (Lipinski definition) is 2. The number of carbonyl (C=O) groups is 1. The lowest BCUT2D eigenvalue weighted by molar-refractivity contribution is -0.117. The first-order valence-electron chi connectivity index (χ1n) is 8.92. The third-order valence-electron chi connectivity index (χ3n) is 4.90. The van der Waals surface area contributed by atoms with Crippen molar-refractivity contribution < 1.29 is 4.79 Å². The van der Waals surface area contributed by atoms with Crippen molar-refractivity contribution in [2.45, 2.75) is 19.9 Å². The Kier molecular flexibility index (Phi) is 4.72. The standard InChI is InChI=1S/C21H20ClN3O2/c1-13-2-7-18-16(10-13)21(27)17-11-25(9-8-19(17)24-18)12-20(26)23-15-5-3-14(22)4-6-15/h2-7,10H,8-9,11-12H2,1H3,(H,23,26)(H,24,27). The maximum absolute atomic E-state index is 12.9. The number of aromatic amines is 1. The van der Waals surface area contributed by atoms with Crippen LogP contribution in [0.15, 0.2) is 47.3 Å². The van der Waals surface area contributed by atoms with E-state index in [1.54, 1.807) is 24.3 Å². The molecule has 1 aliphatic heterocycles. The van der Waals surface area contributed by atoms with E-state index in [-0.39, 0.29) is 17.9 Å². The molecular weight excluding hydrogens is 362 g/mol. The van der Waals surface area contributed by atoms with Crippen molar-refractivity contribution in [2.24, 2.45) is 0 Å². The Labute approximate surface area is 162 Å². The smallest absolute Gasteiger partial charge is 0.238 e. The highest BCUT2D eigenvalue weighted by Crippen LogP contribution is 2.19. The number of fused-ring (bicyclic) bond motifs is 2. The van der Waals surface area contributed by atoms with Crippen molar-refractivity contribution in [3.8, 4) is 0 Å². The third-order valence-corrected chi connectivity index (χ3v) is 5.15. The van der Waals surface area contributed by atoms with Crippen LogP contribution in [0.25, 0.3) is 10.9 Å². The number of aryl methyl sites for hydroxylation is 1. The lowest BCUT2D eigenvalue weighted by atomic mass is 10.0. The van der Waals surface area contributed by atoms with Crippen LogP contribution in [0.4, 0.5) is 5.69 Å². The van der Waals surface area contributed by atoms with Gasteiger partial charge in [0.25, 0.3) is 0 Å². The van der Waals surface area contributed by atoms with Crippen LogP contribution in [0.3, 0.4) is 0 Å². The number of aromatic nitrogens is 1.